The first-order valence-corrected chi connectivity index (χ1v) is 13.3. The van der Waals surface area contributed by atoms with Crippen LogP contribution in [0.15, 0.2) is 35.0 Å². The van der Waals surface area contributed by atoms with Gasteiger partial charge in [0.25, 0.3) is 0 Å². The van der Waals surface area contributed by atoms with Crippen molar-refractivity contribution in [2.45, 2.75) is 77.6 Å². The molecule has 0 aliphatic carbocycles. The zero-order valence-corrected chi connectivity index (χ0v) is 22.5. The van der Waals surface area contributed by atoms with E-state index < -0.39 is 0 Å². The van der Waals surface area contributed by atoms with Crippen LogP contribution in [-0.2, 0) is 4.84 Å². The van der Waals surface area contributed by atoms with E-state index in [9.17, 15) is 0 Å². The van der Waals surface area contributed by atoms with Gasteiger partial charge in [0, 0.05) is 18.3 Å². The van der Waals surface area contributed by atoms with Gasteiger partial charge in [-0.25, -0.2) is 0 Å². The summed E-state index contributed by atoms with van der Waals surface area (Å²) < 4.78 is 11.3. The highest BCUT2D eigenvalue weighted by Crippen LogP contribution is 2.37. The van der Waals surface area contributed by atoms with Gasteiger partial charge in [-0.1, -0.05) is 104 Å². The van der Waals surface area contributed by atoms with E-state index in [1.165, 1.54) is 57.4 Å². The Bertz CT molecular complexity index is 671. The average Bonchev–Trinajstić information content (AvgIpc) is 2.77. The smallest absolute Gasteiger partial charge is 0.156 e. The number of ether oxygens (including phenoxy) is 2. The van der Waals surface area contributed by atoms with E-state index in [1.807, 2.05) is 6.20 Å². The van der Waals surface area contributed by atoms with E-state index in [1.54, 1.807) is 12.1 Å². The van der Waals surface area contributed by atoms with Crippen molar-refractivity contribution in [3.8, 4) is 11.5 Å². The summed E-state index contributed by atoms with van der Waals surface area (Å²) in [6.07, 6.45) is 19.0. The highest BCUT2D eigenvalue weighted by Gasteiger charge is 2.10. The first-order valence-electron chi connectivity index (χ1n) is 11.8. The molecular weight excluding hydrogens is 504 g/mol. The van der Waals surface area contributed by atoms with Crippen LogP contribution in [0.5, 0.6) is 11.5 Å². The van der Waals surface area contributed by atoms with Crippen LogP contribution in [0.25, 0.3) is 0 Å². The van der Waals surface area contributed by atoms with Gasteiger partial charge in [0.15, 0.2) is 5.75 Å². The summed E-state index contributed by atoms with van der Waals surface area (Å²) in [5, 5.41) is 0.774. The first-order chi connectivity index (χ1) is 16.0. The largest absolute Gasteiger partial charge is 0.490 e. The minimum atomic E-state index is 0.140. The topological polar surface area (TPSA) is 39.7 Å². The van der Waals surface area contributed by atoms with Crippen molar-refractivity contribution in [2.75, 3.05) is 19.8 Å². The van der Waals surface area contributed by atoms with Crippen LogP contribution in [-0.4, -0.2) is 19.8 Å². The summed E-state index contributed by atoms with van der Waals surface area (Å²) in [5.74, 6) is 0.956. The van der Waals surface area contributed by atoms with E-state index in [2.05, 4.69) is 18.5 Å². The molecule has 0 aliphatic heterocycles. The molecule has 0 amide bonds. The van der Waals surface area contributed by atoms with Gasteiger partial charge >= 0.3 is 0 Å². The Morgan fingerprint density at radius 2 is 1.48 bits per heavy atom. The molecule has 1 aromatic rings. The summed E-state index contributed by atoms with van der Waals surface area (Å²) in [5.41, 5.74) is 2.87. The van der Waals surface area contributed by atoms with Crippen molar-refractivity contribution < 1.29 is 14.3 Å². The zero-order valence-electron chi connectivity index (χ0n) is 19.5. The molecule has 0 spiro atoms. The van der Waals surface area contributed by atoms with Gasteiger partial charge in [-0.15, -0.1) is 0 Å². The van der Waals surface area contributed by atoms with Gasteiger partial charge in [-0.05, 0) is 31.8 Å². The minimum absolute atomic E-state index is 0.140. The number of allylic oxidation sites excluding steroid dienone is 1. The van der Waals surface area contributed by atoms with Crippen molar-refractivity contribution in [2.24, 2.45) is 0 Å². The molecule has 4 nitrogen and oxygen atoms in total. The predicted octanol–water partition coefficient (Wildman–Crippen LogP) is 9.42. The number of nitrogens with one attached hydrogen (secondary N) is 1. The molecule has 0 atom stereocenters. The molecule has 0 bridgehead atoms. The molecule has 0 saturated heterocycles. The highest BCUT2D eigenvalue weighted by molar-refractivity contribution is 6.55. The fourth-order valence-corrected chi connectivity index (χ4v) is 3.75. The monoisotopic (exact) mass is 539 g/mol. The zero-order chi connectivity index (χ0) is 24.2. The number of hydroxylamine groups is 1. The molecule has 188 valence electrons. The molecule has 0 radical (unpaired) electrons. The molecule has 0 saturated carbocycles. The van der Waals surface area contributed by atoms with Crippen LogP contribution >= 0.6 is 46.4 Å². The van der Waals surface area contributed by atoms with Crippen LogP contribution in [0, 0.1) is 0 Å². The second-order valence-corrected chi connectivity index (χ2v) is 9.53. The lowest BCUT2D eigenvalue weighted by atomic mass is 10.1. The van der Waals surface area contributed by atoms with E-state index in [0.717, 1.165) is 19.3 Å². The van der Waals surface area contributed by atoms with E-state index in [-0.39, 0.29) is 11.1 Å². The van der Waals surface area contributed by atoms with Crippen molar-refractivity contribution in [1.82, 2.24) is 5.48 Å². The summed E-state index contributed by atoms with van der Waals surface area (Å²) in [7, 11) is 0. The summed E-state index contributed by atoms with van der Waals surface area (Å²) in [4.78, 5) is 5.40. The maximum Gasteiger partial charge on any atom is 0.156 e. The van der Waals surface area contributed by atoms with E-state index in [0.29, 0.717) is 34.8 Å². The van der Waals surface area contributed by atoms with Crippen LogP contribution in [0.2, 0.25) is 10.0 Å². The summed E-state index contributed by atoms with van der Waals surface area (Å²) in [6, 6.07) is 3.29. The molecular formula is C25H37Cl4NO3. The normalized spacial score (nSPS) is 11.1. The van der Waals surface area contributed by atoms with Crippen molar-refractivity contribution >= 4 is 46.4 Å². The minimum Gasteiger partial charge on any atom is -0.490 e. The first kappa shape index (κ1) is 30.3. The Labute approximate surface area is 219 Å². The molecule has 0 aliphatic rings. The second kappa shape index (κ2) is 20.6. The second-order valence-electron chi connectivity index (χ2n) is 7.71. The number of unbranched alkanes of at least 4 members (excludes halogenated alkanes) is 9. The summed E-state index contributed by atoms with van der Waals surface area (Å²) in [6.45, 7) is 3.56. The van der Waals surface area contributed by atoms with E-state index >= 15 is 0 Å². The fourth-order valence-electron chi connectivity index (χ4n) is 3.04. The SMILES string of the molecule is CCCCCCCCCCC=CNOCCCCOc1c(Cl)cc(OCC=C(Cl)Cl)cc1Cl. The van der Waals surface area contributed by atoms with E-state index in [4.69, 9.17) is 60.7 Å². The molecule has 8 heteroatoms. The maximum absolute atomic E-state index is 6.25. The third-order valence-electron chi connectivity index (χ3n) is 4.84. The number of hydrogen-bond acceptors (Lipinski definition) is 4. The standard InChI is InChI=1S/C25H37Cl4NO3/c1-2-3-4-5-6-7-8-9-10-11-15-30-33-17-13-12-16-32-25-22(26)19-21(20-23(25)27)31-18-14-24(28)29/h11,14-15,19-20,30H,2-10,12-13,16-18H2,1H3. The van der Waals surface area contributed by atoms with Gasteiger partial charge in [0.1, 0.15) is 16.8 Å². The molecule has 0 heterocycles. The third kappa shape index (κ3) is 16.5. The van der Waals surface area contributed by atoms with Gasteiger partial charge in [-0.3, -0.25) is 10.3 Å². The van der Waals surface area contributed by atoms with Gasteiger partial charge in [0.05, 0.1) is 23.3 Å². The number of hydrogen-bond donors (Lipinski definition) is 1. The molecule has 0 unspecified atom stereocenters. The Hall–Kier alpha value is -0.780. The Morgan fingerprint density at radius 1 is 0.848 bits per heavy atom. The van der Waals surface area contributed by atoms with Gasteiger partial charge < -0.3 is 9.47 Å². The molecule has 0 aromatic heterocycles. The van der Waals surface area contributed by atoms with Gasteiger partial charge in [-0.2, -0.15) is 0 Å². The van der Waals surface area contributed by atoms with Crippen LogP contribution < -0.4 is 15.0 Å². The number of benzene rings is 1. The Morgan fingerprint density at radius 3 is 2.15 bits per heavy atom. The highest BCUT2D eigenvalue weighted by atomic mass is 35.5. The lowest BCUT2D eigenvalue weighted by molar-refractivity contribution is 0.0661. The van der Waals surface area contributed by atoms with Crippen LogP contribution in [0.3, 0.4) is 0 Å². The maximum atomic E-state index is 6.25. The van der Waals surface area contributed by atoms with Crippen molar-refractivity contribution in [1.29, 1.82) is 0 Å². The Kier molecular flexibility index (Phi) is 18.9. The Balaban J connectivity index is 2.04. The van der Waals surface area contributed by atoms with Crippen LogP contribution in [0.4, 0.5) is 0 Å². The predicted molar refractivity (Wildman–Crippen MR) is 142 cm³/mol. The van der Waals surface area contributed by atoms with Crippen LogP contribution in [0.1, 0.15) is 77.6 Å². The van der Waals surface area contributed by atoms with Gasteiger partial charge in [0.2, 0.25) is 0 Å². The van der Waals surface area contributed by atoms with Crippen molar-refractivity contribution in [3.63, 3.8) is 0 Å². The quantitative estimate of drug-likeness (QED) is 0.132. The average molecular weight is 541 g/mol. The number of rotatable bonds is 20. The fraction of sp³-hybridized carbons (Fsp3) is 0.600. The third-order valence-corrected chi connectivity index (χ3v) is 5.71. The lowest BCUT2D eigenvalue weighted by Gasteiger charge is -2.12. The molecule has 1 rings (SSSR count). The molecule has 0 fully saturated rings. The molecule has 1 N–H and O–H groups in total. The summed E-state index contributed by atoms with van der Waals surface area (Å²) >= 11 is 23.6. The number of halogens is 4. The molecule has 1 aromatic carbocycles. The molecule has 33 heavy (non-hydrogen) atoms. The van der Waals surface area contributed by atoms with Crippen molar-refractivity contribution in [3.05, 3.63) is 45.0 Å². The lowest BCUT2D eigenvalue weighted by Crippen LogP contribution is -2.09.